The highest BCUT2D eigenvalue weighted by atomic mass is 32.2. The Morgan fingerprint density at radius 2 is 2.00 bits per heavy atom. The van der Waals surface area contributed by atoms with Gasteiger partial charge in [-0.05, 0) is 32.9 Å². The molecule has 5 nitrogen and oxygen atoms in total. The number of hydrogen-bond acceptors (Lipinski definition) is 4. The Balaban J connectivity index is 1.69. The number of carbonyl (C=O) groups excluding carboxylic acids is 1. The van der Waals surface area contributed by atoms with Crippen LogP contribution in [-0.2, 0) is 16.1 Å². The monoisotopic (exact) mass is 333 g/mol. The number of imidazole rings is 1. The van der Waals surface area contributed by atoms with Crippen LogP contribution in [0.1, 0.15) is 20.8 Å². The average Bonchev–Trinajstić information content (AvgIpc) is 2.89. The largest absolute Gasteiger partial charge is 0.372 e. The normalized spacial score (nSPS) is 21.8. The van der Waals surface area contributed by atoms with Crippen LogP contribution in [0, 0.1) is 0 Å². The summed E-state index contributed by atoms with van der Waals surface area (Å²) in [6.07, 6.45) is 0.209. The number of ether oxygens (including phenoxy) is 1. The number of fused-ring (bicyclic) bond motifs is 1. The lowest BCUT2D eigenvalue weighted by Crippen LogP contribution is -2.48. The number of aromatic nitrogens is 2. The molecule has 0 N–H and O–H groups in total. The van der Waals surface area contributed by atoms with Crippen molar-refractivity contribution in [3.63, 3.8) is 0 Å². The van der Waals surface area contributed by atoms with Gasteiger partial charge in [-0.3, -0.25) is 4.79 Å². The van der Waals surface area contributed by atoms with E-state index in [1.165, 1.54) is 11.8 Å². The van der Waals surface area contributed by atoms with Crippen LogP contribution in [0.2, 0.25) is 0 Å². The molecule has 2 atom stereocenters. The van der Waals surface area contributed by atoms with Crippen molar-refractivity contribution >= 4 is 28.7 Å². The first-order chi connectivity index (χ1) is 11.1. The quantitative estimate of drug-likeness (QED) is 0.807. The lowest BCUT2D eigenvalue weighted by molar-refractivity contribution is -0.140. The average molecular weight is 333 g/mol. The van der Waals surface area contributed by atoms with Gasteiger partial charge in [-0.1, -0.05) is 23.9 Å². The Labute approximate surface area is 141 Å². The fourth-order valence-corrected chi connectivity index (χ4v) is 4.05. The van der Waals surface area contributed by atoms with E-state index >= 15 is 0 Å². The van der Waals surface area contributed by atoms with E-state index in [4.69, 9.17) is 4.74 Å². The second-order valence-electron chi connectivity index (χ2n) is 5.97. The lowest BCUT2D eigenvalue weighted by atomic mass is 10.2. The van der Waals surface area contributed by atoms with E-state index in [9.17, 15) is 4.79 Å². The van der Waals surface area contributed by atoms with Crippen LogP contribution in [-0.4, -0.2) is 51.4 Å². The van der Waals surface area contributed by atoms with Gasteiger partial charge in [0.25, 0.3) is 0 Å². The third-order valence-corrected chi connectivity index (χ3v) is 4.99. The zero-order valence-electron chi connectivity index (χ0n) is 13.9. The van der Waals surface area contributed by atoms with Gasteiger partial charge in [0.1, 0.15) is 0 Å². The maximum atomic E-state index is 12.5. The standard InChI is InChI=1S/C17H23N3O2S/c1-4-20-15-8-6-5-7-14(15)18-17(20)23-11-16(21)19-9-12(2)22-13(3)10-19/h5-8,12-13H,4,9-11H2,1-3H3/t12-,13-/m1/s1. The molecule has 1 aromatic carbocycles. The molecule has 0 spiro atoms. The van der Waals surface area contributed by atoms with E-state index in [-0.39, 0.29) is 18.1 Å². The number of para-hydroxylation sites is 2. The fraction of sp³-hybridized carbons (Fsp3) is 0.529. The fourth-order valence-electron chi connectivity index (χ4n) is 3.07. The molecule has 0 bridgehead atoms. The molecule has 1 amide bonds. The maximum absolute atomic E-state index is 12.5. The molecular weight excluding hydrogens is 310 g/mol. The van der Waals surface area contributed by atoms with E-state index < -0.39 is 0 Å². The number of amides is 1. The molecule has 1 saturated heterocycles. The zero-order valence-corrected chi connectivity index (χ0v) is 14.7. The Morgan fingerprint density at radius 3 is 2.70 bits per heavy atom. The highest BCUT2D eigenvalue weighted by Gasteiger charge is 2.26. The summed E-state index contributed by atoms with van der Waals surface area (Å²) in [5.41, 5.74) is 2.11. The summed E-state index contributed by atoms with van der Waals surface area (Å²) >= 11 is 1.52. The van der Waals surface area contributed by atoms with Crippen molar-refractivity contribution in [1.82, 2.24) is 14.5 Å². The highest BCUT2D eigenvalue weighted by Crippen LogP contribution is 2.24. The SMILES string of the molecule is CCn1c(SCC(=O)N2C[C@@H](C)O[C@H](C)C2)nc2ccccc21. The molecule has 0 aliphatic carbocycles. The number of thioether (sulfide) groups is 1. The van der Waals surface area contributed by atoms with Gasteiger partial charge in [-0.2, -0.15) is 0 Å². The highest BCUT2D eigenvalue weighted by molar-refractivity contribution is 7.99. The topological polar surface area (TPSA) is 47.4 Å². The van der Waals surface area contributed by atoms with Crippen LogP contribution in [0.5, 0.6) is 0 Å². The third-order valence-electron chi connectivity index (χ3n) is 4.03. The van der Waals surface area contributed by atoms with Crippen LogP contribution in [0.15, 0.2) is 29.4 Å². The van der Waals surface area contributed by atoms with Crippen LogP contribution in [0.4, 0.5) is 0 Å². The predicted octanol–water partition coefficient (Wildman–Crippen LogP) is 2.78. The van der Waals surface area contributed by atoms with Crippen molar-refractivity contribution in [3.05, 3.63) is 24.3 Å². The molecule has 1 aliphatic heterocycles. The Morgan fingerprint density at radius 1 is 1.30 bits per heavy atom. The molecular formula is C17H23N3O2S. The van der Waals surface area contributed by atoms with Crippen molar-refractivity contribution in [2.75, 3.05) is 18.8 Å². The van der Waals surface area contributed by atoms with Gasteiger partial charge in [0.2, 0.25) is 5.91 Å². The second-order valence-corrected chi connectivity index (χ2v) is 6.91. The van der Waals surface area contributed by atoms with Gasteiger partial charge >= 0.3 is 0 Å². The summed E-state index contributed by atoms with van der Waals surface area (Å²) in [6.45, 7) is 8.33. The minimum Gasteiger partial charge on any atom is -0.372 e. The number of aryl methyl sites for hydroxylation is 1. The van der Waals surface area contributed by atoms with E-state index in [2.05, 4.69) is 22.5 Å². The van der Waals surface area contributed by atoms with E-state index in [1.807, 2.05) is 36.9 Å². The molecule has 1 fully saturated rings. The van der Waals surface area contributed by atoms with Crippen molar-refractivity contribution in [3.8, 4) is 0 Å². The summed E-state index contributed by atoms with van der Waals surface area (Å²) in [6, 6.07) is 8.10. The van der Waals surface area contributed by atoms with Gasteiger partial charge in [0.15, 0.2) is 5.16 Å². The summed E-state index contributed by atoms with van der Waals surface area (Å²) in [5, 5.41) is 0.913. The number of carbonyl (C=O) groups is 1. The van der Waals surface area contributed by atoms with Crippen LogP contribution in [0.25, 0.3) is 11.0 Å². The number of nitrogens with zero attached hydrogens (tertiary/aromatic N) is 3. The van der Waals surface area contributed by atoms with Gasteiger partial charge in [0, 0.05) is 19.6 Å². The minimum absolute atomic E-state index is 0.105. The number of benzene rings is 1. The van der Waals surface area contributed by atoms with Crippen LogP contribution >= 0.6 is 11.8 Å². The van der Waals surface area contributed by atoms with Gasteiger partial charge in [-0.25, -0.2) is 4.98 Å². The molecule has 0 unspecified atom stereocenters. The summed E-state index contributed by atoms with van der Waals surface area (Å²) in [5.74, 6) is 0.578. The van der Waals surface area contributed by atoms with Crippen molar-refractivity contribution in [1.29, 1.82) is 0 Å². The Bertz CT molecular complexity index is 690. The molecule has 124 valence electrons. The van der Waals surface area contributed by atoms with Crippen molar-refractivity contribution in [2.45, 2.75) is 44.7 Å². The summed E-state index contributed by atoms with van der Waals surface area (Å²) in [7, 11) is 0. The van der Waals surface area contributed by atoms with Gasteiger partial charge < -0.3 is 14.2 Å². The van der Waals surface area contributed by atoms with Crippen molar-refractivity contribution < 1.29 is 9.53 Å². The number of hydrogen-bond donors (Lipinski definition) is 0. The first kappa shape index (κ1) is 16.3. The van der Waals surface area contributed by atoms with Crippen molar-refractivity contribution in [2.24, 2.45) is 0 Å². The second kappa shape index (κ2) is 6.93. The molecule has 6 heteroatoms. The number of morpholine rings is 1. The molecule has 3 rings (SSSR count). The summed E-state index contributed by atoms with van der Waals surface area (Å²) in [4.78, 5) is 19.1. The van der Waals surface area contributed by atoms with E-state index in [0.29, 0.717) is 18.8 Å². The van der Waals surface area contributed by atoms with Gasteiger partial charge in [-0.15, -0.1) is 0 Å². The van der Waals surface area contributed by atoms with Crippen LogP contribution in [0.3, 0.4) is 0 Å². The summed E-state index contributed by atoms with van der Waals surface area (Å²) < 4.78 is 7.85. The lowest BCUT2D eigenvalue weighted by Gasteiger charge is -2.35. The molecule has 0 radical (unpaired) electrons. The van der Waals surface area contributed by atoms with Gasteiger partial charge in [0.05, 0.1) is 29.0 Å². The first-order valence-corrected chi connectivity index (χ1v) is 9.08. The Kier molecular flexibility index (Phi) is 4.92. The molecule has 0 saturated carbocycles. The zero-order chi connectivity index (χ0) is 16.4. The third kappa shape index (κ3) is 3.53. The molecule has 23 heavy (non-hydrogen) atoms. The smallest absolute Gasteiger partial charge is 0.233 e. The minimum atomic E-state index is 0.105. The first-order valence-electron chi connectivity index (χ1n) is 8.09. The molecule has 1 aliphatic rings. The molecule has 2 heterocycles. The molecule has 1 aromatic heterocycles. The van der Waals surface area contributed by atoms with E-state index in [1.54, 1.807) is 0 Å². The number of rotatable bonds is 4. The van der Waals surface area contributed by atoms with E-state index in [0.717, 1.165) is 22.7 Å². The maximum Gasteiger partial charge on any atom is 0.233 e. The predicted molar refractivity (Wildman–Crippen MR) is 92.7 cm³/mol. The Hall–Kier alpha value is -1.53. The van der Waals surface area contributed by atoms with Crippen LogP contribution < -0.4 is 0 Å². The molecule has 2 aromatic rings.